The molecule has 0 aliphatic carbocycles. The molecule has 1 N–H and O–H groups in total. The van der Waals surface area contributed by atoms with Gasteiger partial charge in [-0.15, -0.1) is 0 Å². The van der Waals surface area contributed by atoms with Crippen LogP contribution in [0.5, 0.6) is 11.5 Å². The summed E-state index contributed by atoms with van der Waals surface area (Å²) in [5.41, 5.74) is 2.76. The number of hydrogen-bond donors (Lipinski definition) is 1. The van der Waals surface area contributed by atoms with Gasteiger partial charge in [-0.2, -0.15) is 0 Å². The highest BCUT2D eigenvalue weighted by molar-refractivity contribution is 5.98. The van der Waals surface area contributed by atoms with Crippen LogP contribution in [0.2, 0.25) is 0 Å². The van der Waals surface area contributed by atoms with Gasteiger partial charge in [-0.1, -0.05) is 60.7 Å². The predicted octanol–water partition coefficient (Wildman–Crippen LogP) is 4.77. The van der Waals surface area contributed by atoms with Gasteiger partial charge < -0.3 is 14.8 Å². The Hall–Kier alpha value is -3.27. The summed E-state index contributed by atoms with van der Waals surface area (Å²) in [6.07, 6.45) is -0.671. The normalized spacial score (nSPS) is 11.5. The summed E-state index contributed by atoms with van der Waals surface area (Å²) >= 11 is 0. The molecule has 0 spiro atoms. The minimum atomic E-state index is -0.671. The number of carbonyl (C=O) groups excluding carboxylic acids is 1. The number of rotatable bonds is 6. The standard InChI is InChI=1S/C22H21NO3/c1-16(26-21-15-9-8-14-20(21)25-2)22(24)23-19-13-7-6-12-18(19)17-10-4-3-5-11-17/h3-16H,1-2H3,(H,23,24)/t16-/m0/s1. The molecular formula is C22H21NO3. The summed E-state index contributed by atoms with van der Waals surface area (Å²) in [6.45, 7) is 1.72. The van der Waals surface area contributed by atoms with E-state index in [0.717, 1.165) is 16.8 Å². The Balaban J connectivity index is 1.76. The van der Waals surface area contributed by atoms with Crippen molar-refractivity contribution in [3.63, 3.8) is 0 Å². The third kappa shape index (κ3) is 4.03. The van der Waals surface area contributed by atoms with Crippen molar-refractivity contribution in [2.75, 3.05) is 12.4 Å². The van der Waals surface area contributed by atoms with Crippen LogP contribution in [-0.2, 0) is 4.79 Å². The van der Waals surface area contributed by atoms with Gasteiger partial charge >= 0.3 is 0 Å². The van der Waals surface area contributed by atoms with Crippen molar-refractivity contribution in [1.29, 1.82) is 0 Å². The molecule has 0 saturated heterocycles. The molecular weight excluding hydrogens is 326 g/mol. The molecule has 1 atom stereocenters. The van der Waals surface area contributed by atoms with Crippen LogP contribution in [0.25, 0.3) is 11.1 Å². The quantitative estimate of drug-likeness (QED) is 0.699. The molecule has 0 saturated carbocycles. The maximum atomic E-state index is 12.6. The molecule has 3 aromatic carbocycles. The van der Waals surface area contributed by atoms with Crippen molar-refractivity contribution in [3.05, 3.63) is 78.9 Å². The minimum absolute atomic E-state index is 0.223. The maximum Gasteiger partial charge on any atom is 0.265 e. The second kappa shape index (κ2) is 8.21. The van der Waals surface area contributed by atoms with E-state index in [0.29, 0.717) is 11.5 Å². The molecule has 0 bridgehead atoms. The Morgan fingerprint density at radius 1 is 0.846 bits per heavy atom. The summed E-state index contributed by atoms with van der Waals surface area (Å²) in [5.74, 6) is 0.908. The largest absolute Gasteiger partial charge is 0.493 e. The molecule has 3 aromatic rings. The number of benzene rings is 3. The zero-order valence-corrected chi connectivity index (χ0v) is 14.8. The van der Waals surface area contributed by atoms with E-state index in [1.54, 1.807) is 26.2 Å². The van der Waals surface area contributed by atoms with Crippen LogP contribution in [0.1, 0.15) is 6.92 Å². The van der Waals surface area contributed by atoms with Crippen LogP contribution < -0.4 is 14.8 Å². The Bertz CT molecular complexity index is 877. The summed E-state index contributed by atoms with van der Waals surface area (Å²) in [6, 6.07) is 24.9. The molecule has 0 unspecified atom stereocenters. The van der Waals surface area contributed by atoms with Crippen molar-refractivity contribution in [3.8, 4) is 22.6 Å². The highest BCUT2D eigenvalue weighted by atomic mass is 16.5. The smallest absolute Gasteiger partial charge is 0.265 e. The Morgan fingerprint density at radius 3 is 2.19 bits per heavy atom. The SMILES string of the molecule is COc1ccccc1O[C@@H](C)C(=O)Nc1ccccc1-c1ccccc1. The highest BCUT2D eigenvalue weighted by Crippen LogP contribution is 2.29. The molecule has 132 valence electrons. The van der Waals surface area contributed by atoms with Gasteiger partial charge in [0.15, 0.2) is 17.6 Å². The number of para-hydroxylation sites is 3. The lowest BCUT2D eigenvalue weighted by Crippen LogP contribution is -2.30. The van der Waals surface area contributed by atoms with E-state index in [4.69, 9.17) is 9.47 Å². The van der Waals surface area contributed by atoms with Gasteiger partial charge in [0.05, 0.1) is 7.11 Å². The van der Waals surface area contributed by atoms with E-state index in [1.807, 2.05) is 66.7 Å². The number of ether oxygens (including phenoxy) is 2. The molecule has 4 nitrogen and oxygen atoms in total. The molecule has 3 rings (SSSR count). The number of nitrogens with one attached hydrogen (secondary N) is 1. The van der Waals surface area contributed by atoms with Crippen molar-refractivity contribution in [1.82, 2.24) is 0 Å². The van der Waals surface area contributed by atoms with Crippen LogP contribution in [0.15, 0.2) is 78.9 Å². The lowest BCUT2D eigenvalue weighted by atomic mass is 10.0. The van der Waals surface area contributed by atoms with E-state index in [1.165, 1.54) is 0 Å². The molecule has 0 aliphatic rings. The molecule has 0 aliphatic heterocycles. The first-order chi connectivity index (χ1) is 12.7. The molecule has 0 aromatic heterocycles. The van der Waals surface area contributed by atoms with Crippen LogP contribution in [0, 0.1) is 0 Å². The highest BCUT2D eigenvalue weighted by Gasteiger charge is 2.18. The van der Waals surface area contributed by atoms with Crippen LogP contribution in [0.3, 0.4) is 0 Å². The average molecular weight is 347 g/mol. The summed E-state index contributed by atoms with van der Waals surface area (Å²) in [4.78, 5) is 12.6. The first-order valence-corrected chi connectivity index (χ1v) is 8.44. The van der Waals surface area contributed by atoms with Crippen LogP contribution in [-0.4, -0.2) is 19.1 Å². The molecule has 4 heteroatoms. The van der Waals surface area contributed by atoms with Gasteiger partial charge in [0.1, 0.15) is 0 Å². The zero-order valence-electron chi connectivity index (χ0n) is 14.8. The maximum absolute atomic E-state index is 12.6. The average Bonchev–Trinajstić information content (AvgIpc) is 2.69. The number of amides is 1. The summed E-state index contributed by atoms with van der Waals surface area (Å²) in [7, 11) is 1.57. The predicted molar refractivity (Wildman–Crippen MR) is 104 cm³/mol. The summed E-state index contributed by atoms with van der Waals surface area (Å²) in [5, 5.41) is 2.96. The Morgan fingerprint density at radius 2 is 1.46 bits per heavy atom. The monoisotopic (exact) mass is 347 g/mol. The van der Waals surface area contributed by atoms with Crippen molar-refractivity contribution >= 4 is 11.6 Å². The zero-order chi connectivity index (χ0) is 18.4. The summed E-state index contributed by atoms with van der Waals surface area (Å²) < 4.78 is 11.0. The van der Waals surface area contributed by atoms with Crippen LogP contribution >= 0.6 is 0 Å². The number of methoxy groups -OCH3 is 1. The van der Waals surface area contributed by atoms with Crippen molar-refractivity contribution < 1.29 is 14.3 Å². The minimum Gasteiger partial charge on any atom is -0.493 e. The Kier molecular flexibility index (Phi) is 5.54. The van der Waals surface area contributed by atoms with Gasteiger partial charge in [-0.05, 0) is 30.7 Å². The van der Waals surface area contributed by atoms with Gasteiger partial charge in [-0.25, -0.2) is 0 Å². The molecule has 26 heavy (non-hydrogen) atoms. The fraction of sp³-hybridized carbons (Fsp3) is 0.136. The number of carbonyl (C=O) groups is 1. The number of anilines is 1. The van der Waals surface area contributed by atoms with Gasteiger partial charge in [0, 0.05) is 11.3 Å². The topological polar surface area (TPSA) is 47.6 Å². The van der Waals surface area contributed by atoms with E-state index >= 15 is 0 Å². The van der Waals surface area contributed by atoms with Gasteiger partial charge in [-0.3, -0.25) is 4.79 Å². The van der Waals surface area contributed by atoms with E-state index in [-0.39, 0.29) is 5.91 Å². The number of hydrogen-bond acceptors (Lipinski definition) is 3. The molecule has 0 radical (unpaired) electrons. The van der Waals surface area contributed by atoms with E-state index in [2.05, 4.69) is 5.32 Å². The lowest BCUT2D eigenvalue weighted by molar-refractivity contribution is -0.122. The van der Waals surface area contributed by atoms with Crippen molar-refractivity contribution in [2.24, 2.45) is 0 Å². The fourth-order valence-electron chi connectivity index (χ4n) is 2.66. The van der Waals surface area contributed by atoms with E-state index in [9.17, 15) is 4.79 Å². The van der Waals surface area contributed by atoms with Crippen molar-refractivity contribution in [2.45, 2.75) is 13.0 Å². The molecule has 0 heterocycles. The van der Waals surface area contributed by atoms with Crippen LogP contribution in [0.4, 0.5) is 5.69 Å². The second-order valence-corrected chi connectivity index (χ2v) is 5.81. The Labute approximate surface area is 153 Å². The first kappa shape index (κ1) is 17.5. The molecule has 1 amide bonds. The molecule has 0 fully saturated rings. The third-order valence-corrected chi connectivity index (χ3v) is 4.01. The third-order valence-electron chi connectivity index (χ3n) is 4.01. The first-order valence-electron chi connectivity index (χ1n) is 8.44. The van der Waals surface area contributed by atoms with Gasteiger partial charge in [0.2, 0.25) is 0 Å². The van der Waals surface area contributed by atoms with E-state index < -0.39 is 6.10 Å². The lowest BCUT2D eigenvalue weighted by Gasteiger charge is -2.18. The van der Waals surface area contributed by atoms with Gasteiger partial charge in [0.25, 0.3) is 5.91 Å². The second-order valence-electron chi connectivity index (χ2n) is 5.81. The fourth-order valence-corrected chi connectivity index (χ4v) is 2.66.